The average molecular weight is 575 g/mol. The monoisotopic (exact) mass is 574 g/mol. The van der Waals surface area contributed by atoms with Gasteiger partial charge in [-0.25, -0.2) is 18.2 Å². The summed E-state index contributed by atoms with van der Waals surface area (Å²) < 4.78 is 32.8. The Morgan fingerprint density at radius 2 is 1.50 bits per heavy atom. The fourth-order valence-corrected chi connectivity index (χ4v) is 6.14. The van der Waals surface area contributed by atoms with Gasteiger partial charge in [0.2, 0.25) is 5.65 Å². The lowest BCUT2D eigenvalue weighted by Gasteiger charge is -2.18. The molecular weight excluding hydrogens is 528 g/mol. The first-order chi connectivity index (χ1) is 19.0. The van der Waals surface area contributed by atoms with E-state index in [9.17, 15) is 13.2 Å². The van der Waals surface area contributed by atoms with E-state index >= 15 is 0 Å². The maximum Gasteiger partial charge on any atom is 0.335 e. The Labute approximate surface area is 238 Å². The number of carboxylic acids is 1. The number of carboxylic acid groups (broad SMARTS) is 1. The molecule has 9 nitrogen and oxygen atoms in total. The number of carbonyl (C=O) groups is 1. The second kappa shape index (κ2) is 14.7. The van der Waals surface area contributed by atoms with Crippen LogP contribution in [0.1, 0.15) is 120 Å². The Morgan fingerprint density at radius 3 is 2.08 bits per heavy atom. The molecule has 10 heteroatoms. The molecule has 2 aromatic heterocycles. The molecule has 2 N–H and O–H groups in total. The zero-order valence-electron chi connectivity index (χ0n) is 24.5. The van der Waals surface area contributed by atoms with Gasteiger partial charge in [0, 0.05) is 11.8 Å². The van der Waals surface area contributed by atoms with Gasteiger partial charge in [0.1, 0.15) is 15.6 Å². The number of sulfone groups is 1. The smallest absolute Gasteiger partial charge is 0.335 e. The number of H-pyrrole nitrogens is 1. The fraction of sp³-hybridized carbons (Fsp3) is 0.633. The van der Waals surface area contributed by atoms with Crippen molar-refractivity contribution in [3.63, 3.8) is 0 Å². The molecule has 0 aliphatic rings. The quantitative estimate of drug-likeness (QED) is 0.155. The molecule has 0 saturated carbocycles. The van der Waals surface area contributed by atoms with Crippen LogP contribution >= 0.6 is 0 Å². The minimum atomic E-state index is -3.10. The van der Waals surface area contributed by atoms with Crippen molar-refractivity contribution in [1.82, 2.24) is 19.8 Å². The van der Waals surface area contributed by atoms with E-state index in [0.717, 1.165) is 25.0 Å². The summed E-state index contributed by atoms with van der Waals surface area (Å²) in [7, 11) is -3.10. The van der Waals surface area contributed by atoms with Crippen LogP contribution in [0, 0.1) is 0 Å². The van der Waals surface area contributed by atoms with E-state index < -0.39 is 15.8 Å². The van der Waals surface area contributed by atoms with Gasteiger partial charge in [-0.2, -0.15) is 0 Å². The SMILES string of the molecule is CCCCCCCCCCCCS(=O)(=O)CCCc1nc2c(Oc3ccc(C(=O)O)cc3)c(C(C)(C)C)[nH]n2n1. The summed E-state index contributed by atoms with van der Waals surface area (Å²) in [4.78, 5) is 15.8. The molecule has 40 heavy (non-hydrogen) atoms. The van der Waals surface area contributed by atoms with Gasteiger partial charge in [0.05, 0.1) is 22.8 Å². The van der Waals surface area contributed by atoms with Crippen molar-refractivity contribution in [1.29, 1.82) is 0 Å². The average Bonchev–Trinajstić information content (AvgIpc) is 3.44. The van der Waals surface area contributed by atoms with Crippen molar-refractivity contribution >= 4 is 21.5 Å². The number of aromatic carboxylic acids is 1. The summed E-state index contributed by atoms with van der Waals surface area (Å²) in [5, 5.41) is 16.9. The molecule has 0 radical (unpaired) electrons. The van der Waals surface area contributed by atoms with Gasteiger partial charge in [0.15, 0.2) is 11.6 Å². The number of ether oxygens (including phenoxy) is 1. The number of hydrogen-bond donors (Lipinski definition) is 2. The number of fused-ring (bicyclic) bond motifs is 1. The minimum Gasteiger partial charge on any atom is -0.478 e. The van der Waals surface area contributed by atoms with Gasteiger partial charge in [-0.15, -0.1) is 9.73 Å². The first-order valence-corrected chi connectivity index (χ1v) is 16.5. The van der Waals surface area contributed by atoms with Crippen molar-refractivity contribution in [2.75, 3.05) is 11.5 Å². The number of nitrogens with one attached hydrogen (secondary N) is 1. The van der Waals surface area contributed by atoms with E-state index in [1.807, 2.05) is 20.8 Å². The Bertz CT molecular complexity index is 1320. The summed E-state index contributed by atoms with van der Waals surface area (Å²) in [5.74, 6) is 0.923. The van der Waals surface area contributed by atoms with Crippen LogP contribution in [-0.4, -0.2) is 50.8 Å². The third kappa shape index (κ3) is 9.64. The summed E-state index contributed by atoms with van der Waals surface area (Å²) in [6.45, 7) is 8.35. The number of nitrogens with zero attached hydrogens (tertiary/aromatic N) is 3. The summed E-state index contributed by atoms with van der Waals surface area (Å²) in [6, 6.07) is 6.19. The summed E-state index contributed by atoms with van der Waals surface area (Å²) >= 11 is 0. The third-order valence-corrected chi connectivity index (χ3v) is 8.86. The summed E-state index contributed by atoms with van der Waals surface area (Å²) in [6.07, 6.45) is 12.7. The van der Waals surface area contributed by atoms with Crippen LogP contribution in [0.3, 0.4) is 0 Å². The maximum atomic E-state index is 12.5. The number of rotatable bonds is 18. The van der Waals surface area contributed by atoms with Crippen molar-refractivity contribution < 1.29 is 23.1 Å². The molecule has 1 aromatic carbocycles. The molecule has 0 fully saturated rings. The number of aromatic nitrogens is 4. The molecule has 0 atom stereocenters. The largest absolute Gasteiger partial charge is 0.478 e. The van der Waals surface area contributed by atoms with E-state index in [-0.39, 0.29) is 22.5 Å². The highest BCUT2D eigenvalue weighted by atomic mass is 32.2. The lowest BCUT2D eigenvalue weighted by Crippen LogP contribution is -2.14. The highest BCUT2D eigenvalue weighted by molar-refractivity contribution is 7.91. The zero-order valence-corrected chi connectivity index (χ0v) is 25.4. The molecule has 3 aromatic rings. The Balaban J connectivity index is 1.51. The van der Waals surface area contributed by atoms with Crippen LogP contribution in [0.25, 0.3) is 5.65 Å². The summed E-state index contributed by atoms with van der Waals surface area (Å²) in [5.41, 5.74) is 1.20. The zero-order chi connectivity index (χ0) is 29.2. The van der Waals surface area contributed by atoms with Crippen LogP contribution < -0.4 is 4.74 Å². The molecule has 0 unspecified atom stereocenters. The van der Waals surface area contributed by atoms with Gasteiger partial charge in [-0.05, 0) is 37.1 Å². The highest BCUT2D eigenvalue weighted by Crippen LogP contribution is 2.36. The first-order valence-electron chi connectivity index (χ1n) is 14.7. The van der Waals surface area contributed by atoms with Crippen molar-refractivity contribution in [3.05, 3.63) is 41.3 Å². The van der Waals surface area contributed by atoms with Gasteiger partial charge in [-0.3, -0.25) is 5.10 Å². The van der Waals surface area contributed by atoms with Gasteiger partial charge in [0.25, 0.3) is 0 Å². The maximum absolute atomic E-state index is 12.5. The predicted molar refractivity (Wildman–Crippen MR) is 158 cm³/mol. The first kappa shape index (κ1) is 31.6. The second-order valence-corrected chi connectivity index (χ2v) is 14.0. The number of hydrogen-bond acceptors (Lipinski definition) is 6. The van der Waals surface area contributed by atoms with E-state index in [0.29, 0.717) is 35.8 Å². The molecule has 0 saturated heterocycles. The fourth-order valence-electron chi connectivity index (χ4n) is 4.70. The Kier molecular flexibility index (Phi) is 11.6. The van der Waals surface area contributed by atoms with E-state index in [1.165, 1.54) is 57.1 Å². The topological polar surface area (TPSA) is 127 Å². The molecule has 0 bridgehead atoms. The number of unbranched alkanes of at least 4 members (excludes halogenated alkanes) is 9. The molecule has 0 amide bonds. The van der Waals surface area contributed by atoms with Gasteiger partial charge < -0.3 is 9.84 Å². The molecule has 2 heterocycles. The normalized spacial score (nSPS) is 12.3. The van der Waals surface area contributed by atoms with Crippen LogP contribution in [0.15, 0.2) is 24.3 Å². The molecule has 0 aliphatic heterocycles. The standard InChI is InChI=1S/C30H46N4O5S/c1-5-6-7-8-9-10-11-12-13-14-21-40(37,38)22-15-16-25-31-28-26(27(30(2,3)4)33-34(28)32-25)39-24-19-17-23(18-20-24)29(35)36/h17-20,33H,5-16,21-22H2,1-4H3,(H,35,36). The van der Waals surface area contributed by atoms with Crippen LogP contribution in [0.4, 0.5) is 0 Å². The van der Waals surface area contributed by atoms with Crippen LogP contribution in [-0.2, 0) is 21.7 Å². The molecule has 0 aliphatic carbocycles. The molecular formula is C30H46N4O5S. The number of aryl methyl sites for hydroxylation is 1. The van der Waals surface area contributed by atoms with Gasteiger partial charge in [-0.1, -0.05) is 85.5 Å². The van der Waals surface area contributed by atoms with Crippen molar-refractivity contribution in [2.45, 2.75) is 110 Å². The number of aromatic amines is 1. The van der Waals surface area contributed by atoms with Gasteiger partial charge >= 0.3 is 5.97 Å². The Morgan fingerprint density at radius 1 is 0.925 bits per heavy atom. The second-order valence-electron chi connectivity index (χ2n) is 11.7. The molecule has 0 spiro atoms. The molecule has 222 valence electrons. The van der Waals surface area contributed by atoms with Crippen LogP contribution in [0.2, 0.25) is 0 Å². The predicted octanol–water partition coefficient (Wildman–Crippen LogP) is 7.11. The molecule has 3 rings (SSSR count). The van der Waals surface area contributed by atoms with E-state index in [2.05, 4.69) is 22.1 Å². The third-order valence-electron chi connectivity index (χ3n) is 7.03. The van der Waals surface area contributed by atoms with Crippen LogP contribution in [0.5, 0.6) is 11.5 Å². The number of benzene rings is 1. The minimum absolute atomic E-state index is 0.129. The highest BCUT2D eigenvalue weighted by Gasteiger charge is 2.27. The van der Waals surface area contributed by atoms with Crippen molar-refractivity contribution in [2.24, 2.45) is 0 Å². The lowest BCUT2D eigenvalue weighted by atomic mass is 9.92. The Hall–Kier alpha value is -2.88. The van der Waals surface area contributed by atoms with E-state index in [4.69, 9.17) is 9.84 Å². The lowest BCUT2D eigenvalue weighted by molar-refractivity contribution is 0.0697. The van der Waals surface area contributed by atoms with Crippen molar-refractivity contribution in [3.8, 4) is 11.5 Å². The van der Waals surface area contributed by atoms with E-state index in [1.54, 1.807) is 16.8 Å².